The van der Waals surface area contributed by atoms with Gasteiger partial charge in [0.25, 0.3) is 11.8 Å². The quantitative estimate of drug-likeness (QED) is 0.544. The molecule has 36 heavy (non-hydrogen) atoms. The highest BCUT2D eigenvalue weighted by Crippen LogP contribution is 2.49. The number of carbonyl (C=O) groups excluding carboxylic acids is 3. The van der Waals surface area contributed by atoms with E-state index >= 15 is 0 Å². The smallest absolute Gasteiger partial charge is 0.264 e. The first-order valence-electron chi connectivity index (χ1n) is 11.4. The van der Waals surface area contributed by atoms with Gasteiger partial charge in [0.2, 0.25) is 5.91 Å². The number of amides is 3. The molecule has 0 aliphatic carbocycles. The van der Waals surface area contributed by atoms with Crippen LogP contribution in [0.25, 0.3) is 0 Å². The molecule has 184 valence electrons. The van der Waals surface area contributed by atoms with Gasteiger partial charge in [-0.3, -0.25) is 19.3 Å². The second kappa shape index (κ2) is 9.26. The number of ether oxygens (including phenoxy) is 3. The zero-order valence-corrected chi connectivity index (χ0v) is 20.1. The van der Waals surface area contributed by atoms with Crippen molar-refractivity contribution in [3.8, 4) is 17.2 Å². The topological polar surface area (TPSA) is 97.4 Å². The Bertz CT molecular complexity index is 1350. The van der Waals surface area contributed by atoms with Gasteiger partial charge < -0.3 is 24.4 Å². The maximum atomic E-state index is 13.7. The van der Waals surface area contributed by atoms with E-state index in [1.807, 2.05) is 0 Å². The molecule has 9 heteroatoms. The molecule has 0 saturated heterocycles. The molecule has 1 N–H and O–H groups in total. The van der Waals surface area contributed by atoms with Gasteiger partial charge in [-0.1, -0.05) is 18.2 Å². The molecule has 0 bridgehead atoms. The van der Waals surface area contributed by atoms with E-state index in [0.29, 0.717) is 45.3 Å². The minimum Gasteiger partial charge on any atom is -0.497 e. The van der Waals surface area contributed by atoms with Crippen LogP contribution in [0.1, 0.15) is 38.9 Å². The van der Waals surface area contributed by atoms with Crippen LogP contribution >= 0.6 is 0 Å². The molecule has 0 unspecified atom stereocenters. The molecule has 3 aromatic rings. The maximum absolute atomic E-state index is 13.7. The first-order chi connectivity index (χ1) is 17.5. The fourth-order valence-electron chi connectivity index (χ4n) is 4.77. The molecule has 3 aromatic carbocycles. The van der Waals surface area contributed by atoms with E-state index in [2.05, 4.69) is 5.32 Å². The highest BCUT2D eigenvalue weighted by Gasteiger charge is 2.49. The SMILES string of the molecule is COc1ccc(NC(=O)CCN2C(=O)c3ccccc3N3C(=O)c4c(ccc(OC)c4OC)[C@@H]23)cc1. The lowest BCUT2D eigenvalue weighted by atomic mass is 10.0. The number of hydrogen-bond acceptors (Lipinski definition) is 6. The summed E-state index contributed by atoms with van der Waals surface area (Å²) in [5.41, 5.74) is 2.51. The number of hydrogen-bond donors (Lipinski definition) is 1. The van der Waals surface area contributed by atoms with E-state index in [4.69, 9.17) is 14.2 Å². The molecule has 2 heterocycles. The monoisotopic (exact) mass is 487 g/mol. The van der Waals surface area contributed by atoms with Gasteiger partial charge in [-0.25, -0.2) is 0 Å². The molecule has 1 atom stereocenters. The van der Waals surface area contributed by atoms with Gasteiger partial charge in [0.15, 0.2) is 11.5 Å². The van der Waals surface area contributed by atoms with Gasteiger partial charge in [0.1, 0.15) is 11.9 Å². The number of carbonyl (C=O) groups is 3. The van der Waals surface area contributed by atoms with E-state index < -0.39 is 6.17 Å². The number of para-hydroxylation sites is 1. The average Bonchev–Trinajstić information content (AvgIpc) is 3.20. The molecular formula is C27H25N3O6. The molecule has 0 aromatic heterocycles. The number of anilines is 2. The number of fused-ring (bicyclic) bond motifs is 5. The molecule has 3 amide bonds. The van der Waals surface area contributed by atoms with Crippen molar-refractivity contribution < 1.29 is 28.6 Å². The maximum Gasteiger partial charge on any atom is 0.264 e. The standard InChI is InChI=1S/C27H25N3O6/c1-34-17-10-8-16(9-11-17)28-22(31)14-15-29-25-19-12-13-21(35-2)24(36-3)23(19)27(33)30(25)20-7-5-4-6-18(20)26(29)32/h4-13,25H,14-15H2,1-3H3,(H,28,31)/t25-/m0/s1. The molecule has 2 aliphatic heterocycles. The Hall–Kier alpha value is -4.53. The summed E-state index contributed by atoms with van der Waals surface area (Å²) in [4.78, 5) is 43.2. The molecular weight excluding hydrogens is 462 g/mol. The Kier molecular flexibility index (Phi) is 5.97. The predicted molar refractivity (Wildman–Crippen MR) is 133 cm³/mol. The number of benzene rings is 3. The zero-order valence-electron chi connectivity index (χ0n) is 20.1. The fourth-order valence-corrected chi connectivity index (χ4v) is 4.77. The Morgan fingerprint density at radius 1 is 0.889 bits per heavy atom. The lowest BCUT2D eigenvalue weighted by Crippen LogP contribution is -2.49. The van der Waals surface area contributed by atoms with Gasteiger partial charge in [0, 0.05) is 24.2 Å². The van der Waals surface area contributed by atoms with Crippen molar-refractivity contribution in [3.05, 3.63) is 77.4 Å². The van der Waals surface area contributed by atoms with Crippen LogP contribution in [0.15, 0.2) is 60.7 Å². The summed E-state index contributed by atoms with van der Waals surface area (Å²) in [6.45, 7) is 0.109. The Morgan fingerprint density at radius 3 is 2.33 bits per heavy atom. The van der Waals surface area contributed by atoms with E-state index in [1.165, 1.54) is 14.2 Å². The number of methoxy groups -OCH3 is 3. The summed E-state index contributed by atoms with van der Waals surface area (Å²) in [6.07, 6.45) is -0.662. The first-order valence-corrected chi connectivity index (χ1v) is 11.4. The lowest BCUT2D eigenvalue weighted by Gasteiger charge is -2.40. The van der Waals surface area contributed by atoms with Crippen LogP contribution in [0.5, 0.6) is 17.2 Å². The number of nitrogens with zero attached hydrogens (tertiary/aromatic N) is 2. The van der Waals surface area contributed by atoms with E-state index in [0.717, 1.165) is 0 Å². The van der Waals surface area contributed by atoms with E-state index in [-0.39, 0.29) is 30.7 Å². The fraction of sp³-hybridized carbons (Fsp3) is 0.222. The van der Waals surface area contributed by atoms with Crippen molar-refractivity contribution in [2.75, 3.05) is 38.1 Å². The van der Waals surface area contributed by atoms with Crippen molar-refractivity contribution in [1.82, 2.24) is 4.90 Å². The second-order valence-electron chi connectivity index (χ2n) is 8.36. The normalized spacial score (nSPS) is 15.7. The van der Waals surface area contributed by atoms with E-state index in [1.54, 1.807) is 77.6 Å². The summed E-state index contributed by atoms with van der Waals surface area (Å²) < 4.78 is 16.1. The van der Waals surface area contributed by atoms with Crippen LogP contribution in [-0.4, -0.2) is 50.5 Å². The summed E-state index contributed by atoms with van der Waals surface area (Å²) in [5.74, 6) is 0.626. The van der Waals surface area contributed by atoms with Crippen LogP contribution in [0.3, 0.4) is 0 Å². The van der Waals surface area contributed by atoms with Gasteiger partial charge in [-0.2, -0.15) is 0 Å². The number of nitrogens with one attached hydrogen (secondary N) is 1. The van der Waals surface area contributed by atoms with Crippen molar-refractivity contribution in [2.24, 2.45) is 0 Å². The summed E-state index contributed by atoms with van der Waals surface area (Å²) >= 11 is 0. The third-order valence-electron chi connectivity index (χ3n) is 6.44. The second-order valence-corrected chi connectivity index (χ2v) is 8.36. The van der Waals surface area contributed by atoms with Crippen molar-refractivity contribution in [3.63, 3.8) is 0 Å². The summed E-state index contributed by atoms with van der Waals surface area (Å²) in [7, 11) is 4.55. The number of rotatable bonds is 7. The van der Waals surface area contributed by atoms with Gasteiger partial charge >= 0.3 is 0 Å². The van der Waals surface area contributed by atoms with Crippen molar-refractivity contribution in [2.45, 2.75) is 12.6 Å². The summed E-state index contributed by atoms with van der Waals surface area (Å²) in [5, 5.41) is 2.84. The lowest BCUT2D eigenvalue weighted by molar-refractivity contribution is -0.116. The highest BCUT2D eigenvalue weighted by atomic mass is 16.5. The minimum atomic E-state index is -0.705. The average molecular weight is 488 g/mol. The molecule has 2 aliphatic rings. The van der Waals surface area contributed by atoms with Crippen LogP contribution in [0.4, 0.5) is 11.4 Å². The van der Waals surface area contributed by atoms with Crippen LogP contribution in [0, 0.1) is 0 Å². The first kappa shape index (κ1) is 23.2. The van der Waals surface area contributed by atoms with Gasteiger partial charge in [-0.05, 0) is 42.5 Å². The molecule has 0 saturated carbocycles. The molecule has 0 radical (unpaired) electrons. The third kappa shape index (κ3) is 3.69. The third-order valence-corrected chi connectivity index (χ3v) is 6.44. The molecule has 0 spiro atoms. The minimum absolute atomic E-state index is 0.0427. The van der Waals surface area contributed by atoms with Crippen LogP contribution in [-0.2, 0) is 4.79 Å². The Morgan fingerprint density at radius 2 is 1.64 bits per heavy atom. The Labute approximate surface area is 208 Å². The van der Waals surface area contributed by atoms with Crippen molar-refractivity contribution in [1.29, 1.82) is 0 Å². The van der Waals surface area contributed by atoms with Gasteiger partial charge in [0.05, 0.1) is 38.1 Å². The predicted octanol–water partition coefficient (Wildman–Crippen LogP) is 3.86. The molecule has 5 rings (SSSR count). The molecule has 9 nitrogen and oxygen atoms in total. The van der Waals surface area contributed by atoms with Gasteiger partial charge in [-0.15, -0.1) is 0 Å². The highest BCUT2D eigenvalue weighted by molar-refractivity contribution is 6.18. The largest absolute Gasteiger partial charge is 0.497 e. The van der Waals surface area contributed by atoms with Crippen LogP contribution in [0.2, 0.25) is 0 Å². The van der Waals surface area contributed by atoms with Crippen LogP contribution < -0.4 is 24.4 Å². The zero-order chi connectivity index (χ0) is 25.4. The summed E-state index contributed by atoms with van der Waals surface area (Å²) in [6, 6.07) is 17.5. The van der Waals surface area contributed by atoms with E-state index in [9.17, 15) is 14.4 Å². The molecule has 0 fully saturated rings. The Balaban J connectivity index is 1.47. The van der Waals surface area contributed by atoms with Crippen molar-refractivity contribution >= 4 is 29.1 Å².